The summed E-state index contributed by atoms with van der Waals surface area (Å²) in [7, 11) is 0. The molecule has 1 aliphatic heterocycles. The molecule has 188 valence electrons. The SMILES string of the molecule is Cc1cccc(OCC(=O)NC(=S)Nc2ccc(N3CCN(Cc4ccccc4Cl)CC3)c(Cl)c2)c1. The second-order valence-corrected chi connectivity index (χ2v) is 9.85. The van der Waals surface area contributed by atoms with Gasteiger partial charge in [0.05, 0.1) is 10.7 Å². The van der Waals surface area contributed by atoms with Gasteiger partial charge < -0.3 is 15.0 Å². The first-order valence-electron chi connectivity index (χ1n) is 11.7. The first-order chi connectivity index (χ1) is 17.4. The first kappa shape index (κ1) is 26.2. The number of ether oxygens (including phenoxy) is 1. The van der Waals surface area contributed by atoms with E-state index < -0.39 is 0 Å². The summed E-state index contributed by atoms with van der Waals surface area (Å²) in [5.74, 6) is 0.294. The lowest BCUT2D eigenvalue weighted by Crippen LogP contribution is -2.46. The molecule has 36 heavy (non-hydrogen) atoms. The molecule has 0 aromatic heterocycles. The summed E-state index contributed by atoms with van der Waals surface area (Å²) < 4.78 is 5.51. The van der Waals surface area contributed by atoms with Crippen LogP contribution < -0.4 is 20.3 Å². The average molecular weight is 544 g/mol. The fourth-order valence-electron chi connectivity index (χ4n) is 4.03. The maximum Gasteiger partial charge on any atom is 0.264 e. The van der Waals surface area contributed by atoms with E-state index in [4.69, 9.17) is 40.2 Å². The molecule has 1 amide bonds. The molecule has 0 atom stereocenters. The highest BCUT2D eigenvalue weighted by atomic mass is 35.5. The van der Waals surface area contributed by atoms with E-state index >= 15 is 0 Å². The second-order valence-electron chi connectivity index (χ2n) is 8.63. The van der Waals surface area contributed by atoms with E-state index in [9.17, 15) is 4.79 Å². The number of anilines is 2. The number of aryl methyl sites for hydroxylation is 1. The number of amides is 1. The van der Waals surface area contributed by atoms with Gasteiger partial charge in [-0.05, 0) is 66.7 Å². The maximum atomic E-state index is 12.2. The quantitative estimate of drug-likeness (QED) is 0.383. The van der Waals surface area contributed by atoms with Gasteiger partial charge in [0.25, 0.3) is 5.91 Å². The fraction of sp³-hybridized carbons (Fsp3) is 0.259. The summed E-state index contributed by atoms with van der Waals surface area (Å²) >= 11 is 18.2. The highest BCUT2D eigenvalue weighted by molar-refractivity contribution is 7.80. The van der Waals surface area contributed by atoms with E-state index in [1.807, 2.05) is 61.5 Å². The molecule has 4 rings (SSSR count). The summed E-state index contributed by atoms with van der Waals surface area (Å²) in [5.41, 5.74) is 3.88. The van der Waals surface area contributed by atoms with E-state index in [0.717, 1.165) is 54.6 Å². The third-order valence-corrected chi connectivity index (χ3v) is 6.76. The number of nitrogens with zero attached hydrogens (tertiary/aromatic N) is 2. The second kappa shape index (κ2) is 12.4. The molecule has 1 heterocycles. The number of benzene rings is 3. The summed E-state index contributed by atoms with van der Waals surface area (Å²) in [6, 6.07) is 21.2. The Morgan fingerprint density at radius 2 is 1.75 bits per heavy atom. The number of piperazine rings is 1. The molecular weight excluding hydrogens is 515 g/mol. The third-order valence-electron chi connectivity index (χ3n) is 5.88. The van der Waals surface area contributed by atoms with Crippen molar-refractivity contribution in [1.82, 2.24) is 10.2 Å². The van der Waals surface area contributed by atoms with Gasteiger partial charge in [0, 0.05) is 43.4 Å². The normalized spacial score (nSPS) is 13.8. The summed E-state index contributed by atoms with van der Waals surface area (Å²) in [5, 5.41) is 7.25. The van der Waals surface area contributed by atoms with Crippen LogP contribution in [0.2, 0.25) is 10.0 Å². The minimum Gasteiger partial charge on any atom is -0.484 e. The Bertz CT molecular complexity index is 1230. The molecule has 0 saturated carbocycles. The highest BCUT2D eigenvalue weighted by Gasteiger charge is 2.20. The predicted octanol–water partition coefficient (Wildman–Crippen LogP) is 5.52. The Morgan fingerprint density at radius 3 is 2.47 bits per heavy atom. The van der Waals surface area contributed by atoms with Crippen LogP contribution in [0.1, 0.15) is 11.1 Å². The van der Waals surface area contributed by atoms with Crippen molar-refractivity contribution in [2.45, 2.75) is 13.5 Å². The first-order valence-corrected chi connectivity index (χ1v) is 12.8. The van der Waals surface area contributed by atoms with Gasteiger partial charge in [-0.25, -0.2) is 0 Å². The van der Waals surface area contributed by atoms with E-state index in [0.29, 0.717) is 16.5 Å². The van der Waals surface area contributed by atoms with Gasteiger partial charge in [-0.3, -0.25) is 15.0 Å². The minimum absolute atomic E-state index is 0.132. The topological polar surface area (TPSA) is 56.8 Å². The lowest BCUT2D eigenvalue weighted by molar-refractivity contribution is -0.121. The van der Waals surface area contributed by atoms with E-state index in [1.54, 1.807) is 6.07 Å². The number of halogens is 2. The molecule has 3 aromatic carbocycles. The summed E-state index contributed by atoms with van der Waals surface area (Å²) in [6.45, 7) is 6.24. The summed E-state index contributed by atoms with van der Waals surface area (Å²) in [6.07, 6.45) is 0. The van der Waals surface area contributed by atoms with Gasteiger partial charge in [0.15, 0.2) is 11.7 Å². The Labute approximate surface area is 227 Å². The van der Waals surface area contributed by atoms with Gasteiger partial charge in [-0.2, -0.15) is 0 Å². The molecule has 3 aromatic rings. The number of nitrogens with one attached hydrogen (secondary N) is 2. The molecule has 0 aliphatic carbocycles. The standard InChI is InChI=1S/C27H28Cl2N4O2S/c1-19-5-4-7-22(15-19)35-18-26(34)31-27(36)30-21-9-10-25(24(29)16-21)33-13-11-32(12-14-33)17-20-6-2-3-8-23(20)28/h2-10,15-16H,11-14,17-18H2,1H3,(H2,30,31,34,36). The Morgan fingerprint density at radius 1 is 0.972 bits per heavy atom. The molecule has 6 nitrogen and oxygen atoms in total. The van der Waals surface area contributed by atoms with E-state index in [1.165, 1.54) is 0 Å². The van der Waals surface area contributed by atoms with Crippen LogP contribution in [0.5, 0.6) is 5.75 Å². The smallest absolute Gasteiger partial charge is 0.264 e. The molecule has 0 radical (unpaired) electrons. The lowest BCUT2D eigenvalue weighted by Gasteiger charge is -2.36. The minimum atomic E-state index is -0.341. The van der Waals surface area contributed by atoms with Crippen LogP contribution in [-0.2, 0) is 11.3 Å². The fourth-order valence-corrected chi connectivity index (χ4v) is 4.76. The molecule has 9 heteroatoms. The van der Waals surface area contributed by atoms with Crippen LogP contribution in [0.15, 0.2) is 66.7 Å². The Kier molecular flexibility index (Phi) is 9.04. The van der Waals surface area contributed by atoms with E-state index in [2.05, 4.69) is 26.5 Å². The number of thiocarbonyl (C=S) groups is 1. The largest absolute Gasteiger partial charge is 0.484 e. The van der Waals surface area contributed by atoms with Gasteiger partial charge in [-0.1, -0.05) is 53.5 Å². The molecular formula is C27H28Cl2N4O2S. The van der Waals surface area contributed by atoms with Gasteiger partial charge >= 0.3 is 0 Å². The van der Waals surface area contributed by atoms with Crippen LogP contribution >= 0.6 is 35.4 Å². The number of carbonyl (C=O) groups is 1. The van der Waals surface area contributed by atoms with Crippen molar-refractivity contribution in [3.05, 3.63) is 87.9 Å². The van der Waals surface area contributed by atoms with Crippen molar-refractivity contribution < 1.29 is 9.53 Å². The monoisotopic (exact) mass is 542 g/mol. The average Bonchev–Trinajstić information content (AvgIpc) is 2.85. The Balaban J connectivity index is 1.25. The van der Waals surface area contributed by atoms with Crippen LogP contribution in [0.4, 0.5) is 11.4 Å². The highest BCUT2D eigenvalue weighted by Crippen LogP contribution is 2.30. The van der Waals surface area contributed by atoms with Crippen LogP contribution in [-0.4, -0.2) is 48.7 Å². The van der Waals surface area contributed by atoms with Crippen molar-refractivity contribution in [1.29, 1.82) is 0 Å². The molecule has 2 N–H and O–H groups in total. The van der Waals surface area contributed by atoms with Crippen LogP contribution in [0.25, 0.3) is 0 Å². The van der Waals surface area contributed by atoms with Gasteiger partial charge in [0.2, 0.25) is 0 Å². The molecule has 1 aliphatic rings. The summed E-state index contributed by atoms with van der Waals surface area (Å²) in [4.78, 5) is 16.9. The zero-order chi connectivity index (χ0) is 25.5. The van der Waals surface area contributed by atoms with Crippen molar-refractivity contribution in [3.8, 4) is 5.75 Å². The van der Waals surface area contributed by atoms with Crippen LogP contribution in [0.3, 0.4) is 0 Å². The molecule has 0 unspecified atom stereocenters. The number of rotatable bonds is 7. The van der Waals surface area contributed by atoms with Gasteiger partial charge in [0.1, 0.15) is 5.75 Å². The molecule has 1 saturated heterocycles. The third kappa shape index (κ3) is 7.34. The van der Waals surface area contributed by atoms with Gasteiger partial charge in [-0.15, -0.1) is 0 Å². The van der Waals surface area contributed by atoms with Crippen molar-refractivity contribution in [2.24, 2.45) is 0 Å². The predicted molar refractivity (Wildman–Crippen MR) is 151 cm³/mol. The zero-order valence-corrected chi connectivity index (χ0v) is 22.3. The Hall–Kier alpha value is -2.84. The number of hydrogen-bond acceptors (Lipinski definition) is 5. The number of carbonyl (C=O) groups excluding carboxylic acids is 1. The molecule has 0 spiro atoms. The van der Waals surface area contributed by atoms with Crippen molar-refractivity contribution in [2.75, 3.05) is 43.0 Å². The van der Waals surface area contributed by atoms with Crippen LogP contribution in [0, 0.1) is 6.92 Å². The van der Waals surface area contributed by atoms with Crippen molar-refractivity contribution >= 4 is 57.8 Å². The molecule has 1 fully saturated rings. The zero-order valence-electron chi connectivity index (χ0n) is 20.0. The number of hydrogen-bond donors (Lipinski definition) is 2. The van der Waals surface area contributed by atoms with E-state index in [-0.39, 0.29) is 17.6 Å². The lowest BCUT2D eigenvalue weighted by atomic mass is 10.2. The molecule has 0 bridgehead atoms. The van der Waals surface area contributed by atoms with Crippen molar-refractivity contribution in [3.63, 3.8) is 0 Å². The maximum absolute atomic E-state index is 12.2.